The molecule has 0 atom stereocenters. The van der Waals surface area contributed by atoms with Gasteiger partial charge in [-0.1, -0.05) is 17.3 Å². The van der Waals surface area contributed by atoms with E-state index in [4.69, 9.17) is 9.57 Å². The predicted octanol–water partition coefficient (Wildman–Crippen LogP) is 3.28. The molecule has 0 radical (unpaired) electrons. The average Bonchev–Trinajstić information content (AvgIpc) is 2.61. The first-order valence-corrected chi connectivity index (χ1v) is 7.88. The van der Waals surface area contributed by atoms with E-state index < -0.39 is 0 Å². The molecule has 2 rings (SSSR count). The van der Waals surface area contributed by atoms with Crippen molar-refractivity contribution in [1.29, 1.82) is 0 Å². The van der Waals surface area contributed by atoms with Crippen LogP contribution >= 0.6 is 0 Å². The Kier molecular flexibility index (Phi) is 6.71. The molecule has 0 heterocycles. The lowest BCUT2D eigenvalue weighted by Gasteiger charge is -2.06. The van der Waals surface area contributed by atoms with E-state index in [1.54, 1.807) is 24.3 Å². The van der Waals surface area contributed by atoms with Crippen LogP contribution in [0, 0.1) is 0 Å². The first-order chi connectivity index (χ1) is 12.1. The van der Waals surface area contributed by atoms with Gasteiger partial charge in [0.2, 0.25) is 0 Å². The van der Waals surface area contributed by atoms with Crippen molar-refractivity contribution in [3.05, 3.63) is 59.7 Å². The van der Waals surface area contributed by atoms with E-state index in [1.165, 1.54) is 13.1 Å². The molecule has 25 heavy (non-hydrogen) atoms. The van der Waals surface area contributed by atoms with Crippen LogP contribution in [-0.4, -0.2) is 31.1 Å². The second kappa shape index (κ2) is 9.22. The number of carbonyl (C=O) groups excluding carboxylic acids is 2. The molecular weight excluding hydrogens is 320 g/mol. The quantitative estimate of drug-likeness (QED) is 0.454. The van der Waals surface area contributed by atoms with Gasteiger partial charge in [0.1, 0.15) is 5.75 Å². The first kappa shape index (κ1) is 18.2. The van der Waals surface area contributed by atoms with Crippen LogP contribution in [0.3, 0.4) is 0 Å². The van der Waals surface area contributed by atoms with E-state index in [9.17, 15) is 9.59 Å². The second-order valence-electron chi connectivity index (χ2n) is 5.16. The Morgan fingerprint density at radius 2 is 1.84 bits per heavy atom. The highest BCUT2D eigenvalue weighted by atomic mass is 16.6. The number of nitrogens with zero attached hydrogens (tertiary/aromatic N) is 1. The van der Waals surface area contributed by atoms with Crippen molar-refractivity contribution in [2.24, 2.45) is 5.16 Å². The summed E-state index contributed by atoms with van der Waals surface area (Å²) in [5, 5.41) is 6.46. The fourth-order valence-electron chi connectivity index (χ4n) is 2.05. The molecule has 130 valence electrons. The van der Waals surface area contributed by atoms with Gasteiger partial charge in [-0.25, -0.2) is 0 Å². The minimum absolute atomic E-state index is 0.0251. The van der Waals surface area contributed by atoms with Crippen molar-refractivity contribution in [3.8, 4) is 5.75 Å². The Morgan fingerprint density at radius 3 is 2.52 bits per heavy atom. The molecule has 6 heteroatoms. The zero-order valence-corrected chi connectivity index (χ0v) is 14.2. The van der Waals surface area contributed by atoms with Gasteiger partial charge in [-0.3, -0.25) is 9.59 Å². The van der Waals surface area contributed by atoms with Crippen molar-refractivity contribution < 1.29 is 19.2 Å². The molecule has 1 amide bonds. The maximum atomic E-state index is 11.8. The summed E-state index contributed by atoms with van der Waals surface area (Å²) in [5.74, 6) is 0.334. The van der Waals surface area contributed by atoms with Gasteiger partial charge in [-0.05, 0) is 50.2 Å². The zero-order chi connectivity index (χ0) is 18.1. The molecule has 0 bridgehead atoms. The number of nitrogens with one attached hydrogen (secondary N) is 1. The summed E-state index contributed by atoms with van der Waals surface area (Å²) < 4.78 is 5.47. The van der Waals surface area contributed by atoms with E-state index in [1.807, 2.05) is 31.2 Å². The van der Waals surface area contributed by atoms with Crippen LogP contribution in [0.2, 0.25) is 0 Å². The van der Waals surface area contributed by atoms with Crippen LogP contribution in [0.4, 0.5) is 5.69 Å². The fourth-order valence-corrected chi connectivity index (χ4v) is 2.05. The van der Waals surface area contributed by atoms with Crippen molar-refractivity contribution in [2.45, 2.75) is 13.8 Å². The third kappa shape index (κ3) is 5.76. The number of benzene rings is 2. The first-order valence-electron chi connectivity index (χ1n) is 7.88. The van der Waals surface area contributed by atoms with Gasteiger partial charge in [0.25, 0.3) is 5.91 Å². The SMILES string of the molecule is CCOc1ccccc1/C=N/OCC(=O)Nc1ccc(C(C)=O)cc1. The summed E-state index contributed by atoms with van der Waals surface area (Å²) in [4.78, 5) is 28.0. The minimum Gasteiger partial charge on any atom is -0.493 e. The Morgan fingerprint density at radius 1 is 1.12 bits per heavy atom. The van der Waals surface area contributed by atoms with E-state index in [-0.39, 0.29) is 18.3 Å². The molecule has 1 N–H and O–H groups in total. The van der Waals surface area contributed by atoms with Crippen LogP contribution < -0.4 is 10.1 Å². The summed E-state index contributed by atoms with van der Waals surface area (Å²) in [6.07, 6.45) is 1.50. The summed E-state index contributed by atoms with van der Waals surface area (Å²) in [6, 6.07) is 14.0. The number of rotatable bonds is 8. The van der Waals surface area contributed by atoms with Gasteiger partial charge in [-0.2, -0.15) is 0 Å². The van der Waals surface area contributed by atoms with E-state index in [0.717, 1.165) is 5.56 Å². The summed E-state index contributed by atoms with van der Waals surface area (Å²) in [7, 11) is 0. The zero-order valence-electron chi connectivity index (χ0n) is 14.2. The Balaban J connectivity index is 1.83. The molecule has 0 aliphatic carbocycles. The number of anilines is 1. The highest BCUT2D eigenvalue weighted by Gasteiger charge is 2.04. The van der Waals surface area contributed by atoms with Crippen molar-refractivity contribution in [3.63, 3.8) is 0 Å². The standard InChI is InChI=1S/C19H20N2O4/c1-3-24-18-7-5-4-6-16(18)12-20-25-13-19(23)21-17-10-8-15(9-11-17)14(2)22/h4-12H,3,13H2,1-2H3,(H,21,23)/b20-12+. The van der Waals surface area contributed by atoms with Crippen LogP contribution in [0.15, 0.2) is 53.7 Å². The molecule has 6 nitrogen and oxygen atoms in total. The van der Waals surface area contributed by atoms with Gasteiger partial charge in [0.15, 0.2) is 12.4 Å². The smallest absolute Gasteiger partial charge is 0.265 e. The summed E-state index contributed by atoms with van der Waals surface area (Å²) in [6.45, 7) is 3.72. The Labute approximate surface area is 146 Å². The van der Waals surface area contributed by atoms with Gasteiger partial charge in [0.05, 0.1) is 12.8 Å². The van der Waals surface area contributed by atoms with Crippen LogP contribution in [0.5, 0.6) is 5.75 Å². The number of oxime groups is 1. The second-order valence-corrected chi connectivity index (χ2v) is 5.16. The van der Waals surface area contributed by atoms with Gasteiger partial charge < -0.3 is 14.9 Å². The van der Waals surface area contributed by atoms with E-state index >= 15 is 0 Å². The topological polar surface area (TPSA) is 77.0 Å². The van der Waals surface area contributed by atoms with Gasteiger partial charge >= 0.3 is 0 Å². The molecule has 0 fully saturated rings. The number of hydrogen-bond acceptors (Lipinski definition) is 5. The number of ketones is 1. The number of ether oxygens (including phenoxy) is 1. The molecule has 0 aromatic heterocycles. The molecule has 0 unspecified atom stereocenters. The molecule has 0 aliphatic rings. The third-order valence-corrected chi connectivity index (χ3v) is 3.26. The van der Waals surface area contributed by atoms with Crippen molar-refractivity contribution in [2.75, 3.05) is 18.5 Å². The normalized spacial score (nSPS) is 10.5. The maximum absolute atomic E-state index is 11.8. The third-order valence-electron chi connectivity index (χ3n) is 3.26. The lowest BCUT2D eigenvalue weighted by Crippen LogP contribution is -2.17. The number of amides is 1. The van der Waals surface area contributed by atoms with Crippen LogP contribution in [-0.2, 0) is 9.63 Å². The maximum Gasteiger partial charge on any atom is 0.265 e. The number of Topliss-reactive ketones (excluding diaryl/α,β-unsaturated/α-hetero) is 1. The molecule has 0 saturated heterocycles. The van der Waals surface area contributed by atoms with E-state index in [0.29, 0.717) is 23.6 Å². The number of para-hydroxylation sites is 1. The van der Waals surface area contributed by atoms with Crippen molar-refractivity contribution >= 4 is 23.6 Å². The molecule has 0 spiro atoms. The molecular formula is C19H20N2O4. The highest BCUT2D eigenvalue weighted by Crippen LogP contribution is 2.15. The Hall–Kier alpha value is -3.15. The summed E-state index contributed by atoms with van der Waals surface area (Å²) >= 11 is 0. The monoisotopic (exact) mass is 340 g/mol. The lowest BCUT2D eigenvalue weighted by molar-refractivity contribution is -0.120. The molecule has 2 aromatic rings. The Bertz CT molecular complexity index is 754. The summed E-state index contributed by atoms with van der Waals surface area (Å²) in [5.41, 5.74) is 1.95. The minimum atomic E-state index is -0.342. The molecule has 2 aromatic carbocycles. The van der Waals surface area contributed by atoms with Crippen molar-refractivity contribution in [1.82, 2.24) is 0 Å². The van der Waals surface area contributed by atoms with Gasteiger partial charge in [0, 0.05) is 16.8 Å². The van der Waals surface area contributed by atoms with Gasteiger partial charge in [-0.15, -0.1) is 0 Å². The number of carbonyl (C=O) groups is 2. The average molecular weight is 340 g/mol. The fraction of sp³-hybridized carbons (Fsp3) is 0.211. The van der Waals surface area contributed by atoms with E-state index in [2.05, 4.69) is 10.5 Å². The largest absolute Gasteiger partial charge is 0.493 e. The van der Waals surface area contributed by atoms with Crippen LogP contribution in [0.1, 0.15) is 29.8 Å². The lowest BCUT2D eigenvalue weighted by atomic mass is 10.1. The van der Waals surface area contributed by atoms with Crippen LogP contribution in [0.25, 0.3) is 0 Å². The predicted molar refractivity (Wildman–Crippen MR) is 96.2 cm³/mol. The molecule has 0 saturated carbocycles. The molecule has 0 aliphatic heterocycles. The number of hydrogen-bond donors (Lipinski definition) is 1. The highest BCUT2D eigenvalue weighted by molar-refractivity contribution is 5.95.